The van der Waals surface area contributed by atoms with Crippen LogP contribution in [0.25, 0.3) is 0 Å². The summed E-state index contributed by atoms with van der Waals surface area (Å²) in [4.78, 5) is 0. The summed E-state index contributed by atoms with van der Waals surface area (Å²) in [5.74, 6) is 4.54. The van der Waals surface area contributed by atoms with E-state index in [1.54, 1.807) is 0 Å². The van der Waals surface area contributed by atoms with Gasteiger partial charge in [-0.1, -0.05) is 11.8 Å². The zero-order chi connectivity index (χ0) is 30.3. The molecule has 0 amide bonds. The van der Waals surface area contributed by atoms with Crippen molar-refractivity contribution >= 4 is 0 Å². The van der Waals surface area contributed by atoms with Crippen molar-refractivity contribution in [2.24, 2.45) is 0 Å². The summed E-state index contributed by atoms with van der Waals surface area (Å²) in [6.07, 6.45) is -9.31. The van der Waals surface area contributed by atoms with Gasteiger partial charge in [0, 0.05) is 7.11 Å². The molecule has 3 aliphatic heterocycles. The second-order valence-electron chi connectivity index (χ2n) is 9.92. The molecule has 0 aliphatic carbocycles. The van der Waals surface area contributed by atoms with Gasteiger partial charge in [-0.3, -0.25) is 0 Å². The largest absolute Gasteiger partial charge is 0.394 e. The summed E-state index contributed by atoms with van der Waals surface area (Å²) in [7, 11) is 1.34. The molecular weight excluding hydrogens is 552 g/mol. The van der Waals surface area contributed by atoms with Crippen LogP contribution < -0.4 is 0 Å². The molecule has 3 heterocycles. The second kappa shape index (κ2) is 15.8. The molecule has 41 heavy (non-hydrogen) atoms. The van der Waals surface area contributed by atoms with Gasteiger partial charge in [0.15, 0.2) is 12.6 Å². The molecule has 0 aromatic carbocycles. The third-order valence-electron chi connectivity index (χ3n) is 7.20. The molecule has 234 valence electrons. The van der Waals surface area contributed by atoms with E-state index in [2.05, 4.69) is 11.8 Å². The minimum atomic E-state index is -1.67. The molecule has 7 N–H and O–H groups in total. The quantitative estimate of drug-likeness (QED) is 0.0839. The van der Waals surface area contributed by atoms with Crippen LogP contribution in [0, 0.1) is 24.7 Å². The van der Waals surface area contributed by atoms with E-state index in [4.69, 9.17) is 50.7 Å². The number of ether oxygens (including phenoxy) is 8. The van der Waals surface area contributed by atoms with E-state index in [-0.39, 0.29) is 19.8 Å². The number of hydrogen-bond acceptors (Lipinski definition) is 15. The molecule has 0 spiro atoms. The summed E-state index contributed by atoms with van der Waals surface area (Å²) >= 11 is 0. The number of rotatable bonds is 12. The Hall–Kier alpha value is -1.48. The van der Waals surface area contributed by atoms with Gasteiger partial charge >= 0.3 is 0 Å². The van der Waals surface area contributed by atoms with Gasteiger partial charge in [0.05, 0.1) is 25.9 Å². The molecule has 15 nitrogen and oxygen atoms in total. The van der Waals surface area contributed by atoms with Crippen LogP contribution in [0.2, 0.25) is 0 Å². The molecular formula is C26H40O15. The third-order valence-corrected chi connectivity index (χ3v) is 7.20. The van der Waals surface area contributed by atoms with Crippen LogP contribution in [0.4, 0.5) is 0 Å². The first-order valence-electron chi connectivity index (χ1n) is 13.1. The maximum Gasteiger partial charge on any atom is 0.187 e. The maximum atomic E-state index is 11.0. The fraction of sp³-hybridized carbons (Fsp3) is 0.846. The van der Waals surface area contributed by atoms with Gasteiger partial charge in [0.1, 0.15) is 86.5 Å². The Balaban J connectivity index is 1.75. The average molecular weight is 593 g/mol. The average Bonchev–Trinajstić information content (AvgIpc) is 2.96. The van der Waals surface area contributed by atoms with Crippen molar-refractivity contribution in [2.75, 3.05) is 40.1 Å². The first kappa shape index (κ1) is 34.0. The molecule has 0 bridgehead atoms. The van der Waals surface area contributed by atoms with Gasteiger partial charge in [-0.15, -0.1) is 12.8 Å². The Bertz CT molecular complexity index is 878. The van der Waals surface area contributed by atoms with Gasteiger partial charge in [0.25, 0.3) is 0 Å². The highest BCUT2D eigenvalue weighted by Gasteiger charge is 2.52. The molecule has 3 fully saturated rings. The van der Waals surface area contributed by atoms with Crippen LogP contribution in [0.5, 0.6) is 0 Å². The van der Waals surface area contributed by atoms with Crippen LogP contribution in [-0.2, 0) is 37.9 Å². The Labute approximate surface area is 237 Å². The lowest BCUT2D eigenvalue weighted by molar-refractivity contribution is -0.352. The standard InChI is InChI=1S/C26H40O15/c1-5-7-35-10-14-17(29)18(30)20(32)25(40-14)37-11-15-22(19(31)16(28)12(3)38-15)41-26-21(33)24(36-8-6-2)23(34-4)13(9-27)39-26/h1-2,12-33H,7-11H2,3-4H3/t12-,13?,14?,15?,16?,17?,18?,19?,20?,21?,22?,23?,24?,25?,26?/m1/s1. The van der Waals surface area contributed by atoms with Gasteiger partial charge in [-0.05, 0) is 6.92 Å². The van der Waals surface area contributed by atoms with Crippen LogP contribution in [-0.4, -0.2) is 168 Å². The summed E-state index contributed by atoms with van der Waals surface area (Å²) in [6, 6.07) is 0. The monoisotopic (exact) mass is 592 g/mol. The van der Waals surface area contributed by atoms with Crippen molar-refractivity contribution in [3.63, 3.8) is 0 Å². The Morgan fingerprint density at radius 3 is 1.98 bits per heavy atom. The van der Waals surface area contributed by atoms with Crippen molar-refractivity contribution < 1.29 is 73.6 Å². The molecule has 0 radical (unpaired) electrons. The smallest absolute Gasteiger partial charge is 0.187 e. The SMILES string of the molecule is C#CCOCC1OC(OCC2O[C@H](C)C(O)C(O)C2OC2OC(CO)C(OC)C(OCC#C)C2O)C(O)C(O)C1O. The van der Waals surface area contributed by atoms with E-state index in [0.717, 1.165) is 0 Å². The lowest BCUT2D eigenvalue weighted by Gasteiger charge is -2.47. The highest BCUT2D eigenvalue weighted by Crippen LogP contribution is 2.32. The maximum absolute atomic E-state index is 11.0. The van der Waals surface area contributed by atoms with Crippen molar-refractivity contribution in [3.05, 3.63) is 0 Å². The minimum absolute atomic E-state index is 0.0736. The number of aliphatic hydroxyl groups is 7. The van der Waals surface area contributed by atoms with Crippen molar-refractivity contribution in [3.8, 4) is 24.7 Å². The molecule has 15 heteroatoms. The van der Waals surface area contributed by atoms with Gasteiger partial charge in [-0.25, -0.2) is 0 Å². The fourth-order valence-electron chi connectivity index (χ4n) is 4.97. The van der Waals surface area contributed by atoms with Gasteiger partial charge < -0.3 is 73.6 Å². The summed E-state index contributed by atoms with van der Waals surface area (Å²) < 4.78 is 44.7. The molecule has 3 saturated heterocycles. The fourth-order valence-corrected chi connectivity index (χ4v) is 4.97. The van der Waals surface area contributed by atoms with E-state index >= 15 is 0 Å². The number of aliphatic hydroxyl groups excluding tert-OH is 7. The highest BCUT2D eigenvalue weighted by molar-refractivity contribution is 4.97. The van der Waals surface area contributed by atoms with E-state index in [1.807, 2.05) is 0 Å². The van der Waals surface area contributed by atoms with E-state index in [9.17, 15) is 35.7 Å². The molecule has 15 atom stereocenters. The van der Waals surface area contributed by atoms with Gasteiger partial charge in [0.2, 0.25) is 0 Å². The van der Waals surface area contributed by atoms with Crippen LogP contribution in [0.1, 0.15) is 6.92 Å². The van der Waals surface area contributed by atoms with E-state index in [1.165, 1.54) is 14.0 Å². The predicted molar refractivity (Wildman–Crippen MR) is 135 cm³/mol. The number of hydrogen-bond donors (Lipinski definition) is 7. The first-order valence-corrected chi connectivity index (χ1v) is 13.1. The Morgan fingerprint density at radius 2 is 1.34 bits per heavy atom. The third kappa shape index (κ3) is 7.92. The van der Waals surface area contributed by atoms with Crippen molar-refractivity contribution in [1.29, 1.82) is 0 Å². The zero-order valence-corrected chi connectivity index (χ0v) is 22.7. The minimum Gasteiger partial charge on any atom is -0.394 e. The van der Waals surface area contributed by atoms with Crippen LogP contribution in [0.3, 0.4) is 0 Å². The van der Waals surface area contributed by atoms with Gasteiger partial charge in [-0.2, -0.15) is 0 Å². The predicted octanol–water partition coefficient (Wildman–Crippen LogP) is -4.53. The zero-order valence-electron chi connectivity index (χ0n) is 22.7. The lowest BCUT2D eigenvalue weighted by atomic mass is 9.94. The second-order valence-corrected chi connectivity index (χ2v) is 9.92. The summed E-state index contributed by atoms with van der Waals surface area (Å²) in [5, 5.41) is 73.1. The van der Waals surface area contributed by atoms with Crippen molar-refractivity contribution in [2.45, 2.75) is 98.9 Å². The summed E-state index contributed by atoms with van der Waals surface area (Å²) in [6.45, 7) is 0.0993. The topological polar surface area (TPSA) is 215 Å². The Morgan fingerprint density at radius 1 is 0.659 bits per heavy atom. The normalized spacial score (nSPS) is 45.1. The van der Waals surface area contributed by atoms with Crippen molar-refractivity contribution in [1.82, 2.24) is 0 Å². The molecule has 0 aromatic rings. The lowest BCUT2D eigenvalue weighted by Crippen LogP contribution is -2.65. The number of methoxy groups -OCH3 is 1. The number of terminal acetylenes is 2. The molecule has 0 aromatic heterocycles. The molecule has 0 saturated carbocycles. The van der Waals surface area contributed by atoms with Crippen LogP contribution >= 0.6 is 0 Å². The van der Waals surface area contributed by atoms with E-state index < -0.39 is 105 Å². The first-order chi connectivity index (χ1) is 19.6. The molecule has 3 aliphatic rings. The highest BCUT2D eigenvalue weighted by atomic mass is 16.7. The van der Waals surface area contributed by atoms with Crippen LogP contribution in [0.15, 0.2) is 0 Å². The summed E-state index contributed by atoms with van der Waals surface area (Å²) in [5.41, 5.74) is 0. The van der Waals surface area contributed by atoms with E-state index in [0.29, 0.717) is 0 Å². The molecule has 14 unspecified atom stereocenters. The Kier molecular flexibility index (Phi) is 13.1. The molecule has 3 rings (SSSR count).